The molecule has 1 saturated heterocycles. The molecule has 1 unspecified atom stereocenters. The molecule has 1 aliphatic carbocycles. The van der Waals surface area contributed by atoms with E-state index < -0.39 is 0 Å². The summed E-state index contributed by atoms with van der Waals surface area (Å²) in [6.07, 6.45) is 8.21. The zero-order valence-electron chi connectivity index (χ0n) is 12.3. The Balaban J connectivity index is 1.67. The van der Waals surface area contributed by atoms with E-state index in [0.717, 1.165) is 25.3 Å². The minimum atomic E-state index is 0.191. The normalized spacial score (nSPS) is 22.8. The summed E-state index contributed by atoms with van der Waals surface area (Å²) >= 11 is 0. The summed E-state index contributed by atoms with van der Waals surface area (Å²) in [5, 5.41) is 3.53. The van der Waals surface area contributed by atoms with E-state index in [9.17, 15) is 4.79 Å². The van der Waals surface area contributed by atoms with Crippen molar-refractivity contribution in [1.82, 2.24) is 14.8 Å². The number of piperidine rings is 1. The number of carbonyl (C=O) groups excluding carboxylic acids is 1. The molecule has 0 aromatic carbocycles. The Morgan fingerprint density at radius 2 is 2.25 bits per heavy atom. The number of nitrogens with one attached hydrogen (secondary N) is 1. The zero-order valence-corrected chi connectivity index (χ0v) is 12.3. The van der Waals surface area contributed by atoms with E-state index >= 15 is 0 Å². The Labute approximate surface area is 121 Å². The Morgan fingerprint density at radius 3 is 2.90 bits per heavy atom. The monoisotopic (exact) mass is 275 g/mol. The Morgan fingerprint density at radius 1 is 1.40 bits per heavy atom. The van der Waals surface area contributed by atoms with Crippen molar-refractivity contribution in [1.29, 1.82) is 0 Å². The second kappa shape index (κ2) is 6.00. The van der Waals surface area contributed by atoms with Crippen LogP contribution in [0.4, 0.5) is 0 Å². The lowest BCUT2D eigenvalue weighted by Gasteiger charge is -2.30. The summed E-state index contributed by atoms with van der Waals surface area (Å²) < 4.78 is 2.17. The van der Waals surface area contributed by atoms with Crippen molar-refractivity contribution in [3.8, 4) is 0 Å². The number of rotatable bonds is 5. The van der Waals surface area contributed by atoms with Crippen LogP contribution in [0.25, 0.3) is 0 Å². The van der Waals surface area contributed by atoms with Gasteiger partial charge >= 0.3 is 0 Å². The average Bonchev–Trinajstić information content (AvgIpc) is 3.22. The van der Waals surface area contributed by atoms with Gasteiger partial charge in [-0.2, -0.15) is 0 Å². The van der Waals surface area contributed by atoms with Crippen LogP contribution in [0.1, 0.15) is 55.6 Å². The van der Waals surface area contributed by atoms with Gasteiger partial charge < -0.3 is 14.8 Å². The van der Waals surface area contributed by atoms with Crippen LogP contribution < -0.4 is 5.32 Å². The molecule has 110 valence electrons. The molecule has 1 amide bonds. The third-order valence-corrected chi connectivity index (χ3v) is 4.46. The Kier molecular flexibility index (Phi) is 4.10. The summed E-state index contributed by atoms with van der Waals surface area (Å²) in [4.78, 5) is 14.7. The van der Waals surface area contributed by atoms with Crippen molar-refractivity contribution < 1.29 is 4.79 Å². The van der Waals surface area contributed by atoms with Gasteiger partial charge in [-0.25, -0.2) is 0 Å². The van der Waals surface area contributed by atoms with Gasteiger partial charge in [0.15, 0.2) is 0 Å². The van der Waals surface area contributed by atoms with Crippen molar-refractivity contribution in [2.75, 3.05) is 19.6 Å². The van der Waals surface area contributed by atoms with E-state index in [0.29, 0.717) is 12.1 Å². The number of likely N-dealkylation sites (N-methyl/N-ethyl adjacent to an activating group) is 1. The van der Waals surface area contributed by atoms with Gasteiger partial charge in [-0.05, 0) is 51.3 Å². The maximum atomic E-state index is 12.7. The first-order valence-electron chi connectivity index (χ1n) is 7.99. The van der Waals surface area contributed by atoms with Gasteiger partial charge in [0.1, 0.15) is 5.69 Å². The van der Waals surface area contributed by atoms with E-state index in [1.165, 1.54) is 32.1 Å². The molecule has 0 spiro atoms. The van der Waals surface area contributed by atoms with Gasteiger partial charge in [0, 0.05) is 31.4 Å². The summed E-state index contributed by atoms with van der Waals surface area (Å²) in [6.45, 7) is 4.79. The van der Waals surface area contributed by atoms with E-state index in [1.54, 1.807) is 0 Å². The fraction of sp³-hybridized carbons (Fsp3) is 0.688. The summed E-state index contributed by atoms with van der Waals surface area (Å²) in [5.74, 6) is 0.191. The molecule has 0 radical (unpaired) electrons. The first-order chi connectivity index (χ1) is 9.79. The molecule has 1 aromatic rings. The zero-order chi connectivity index (χ0) is 13.9. The molecule has 3 rings (SSSR count). The molecule has 1 aromatic heterocycles. The minimum Gasteiger partial charge on any atom is -0.340 e. The lowest BCUT2D eigenvalue weighted by Crippen LogP contribution is -2.46. The van der Waals surface area contributed by atoms with E-state index in [2.05, 4.69) is 23.0 Å². The SMILES string of the molecule is CCN(CC1CCCCN1)C(=O)c1cccn1C1CC1. The van der Waals surface area contributed by atoms with Gasteiger partial charge in [-0.15, -0.1) is 0 Å². The van der Waals surface area contributed by atoms with Gasteiger partial charge in [0.05, 0.1) is 0 Å². The smallest absolute Gasteiger partial charge is 0.270 e. The molecular formula is C16H25N3O. The Bertz CT molecular complexity index is 458. The predicted octanol–water partition coefficient (Wildman–Crippen LogP) is 2.43. The van der Waals surface area contributed by atoms with Crippen molar-refractivity contribution in [2.24, 2.45) is 0 Å². The van der Waals surface area contributed by atoms with Gasteiger partial charge in [0.25, 0.3) is 5.91 Å². The van der Waals surface area contributed by atoms with Crippen LogP contribution in [0.2, 0.25) is 0 Å². The van der Waals surface area contributed by atoms with Crippen LogP contribution in [0.3, 0.4) is 0 Å². The van der Waals surface area contributed by atoms with Crippen molar-refractivity contribution in [2.45, 2.75) is 51.1 Å². The molecule has 4 heteroatoms. The van der Waals surface area contributed by atoms with Gasteiger partial charge in [-0.1, -0.05) is 6.42 Å². The molecule has 1 atom stereocenters. The second-order valence-electron chi connectivity index (χ2n) is 6.02. The molecular weight excluding hydrogens is 250 g/mol. The highest BCUT2D eigenvalue weighted by molar-refractivity contribution is 5.92. The minimum absolute atomic E-state index is 0.191. The molecule has 1 aliphatic heterocycles. The first-order valence-corrected chi connectivity index (χ1v) is 7.99. The average molecular weight is 275 g/mol. The summed E-state index contributed by atoms with van der Waals surface area (Å²) in [7, 11) is 0. The summed E-state index contributed by atoms with van der Waals surface area (Å²) in [6, 6.07) is 5.00. The standard InChI is InChI=1S/C16H25N3O/c1-2-18(12-13-6-3-4-10-17-13)16(20)15-7-5-11-19(15)14-8-9-14/h5,7,11,13-14,17H,2-4,6,8-10,12H2,1H3. The lowest BCUT2D eigenvalue weighted by molar-refractivity contribution is 0.0730. The number of hydrogen-bond acceptors (Lipinski definition) is 2. The highest BCUT2D eigenvalue weighted by Gasteiger charge is 2.29. The number of aromatic nitrogens is 1. The molecule has 0 bridgehead atoms. The lowest BCUT2D eigenvalue weighted by atomic mass is 10.0. The maximum Gasteiger partial charge on any atom is 0.270 e. The Hall–Kier alpha value is -1.29. The highest BCUT2D eigenvalue weighted by atomic mass is 16.2. The third kappa shape index (κ3) is 2.90. The maximum absolute atomic E-state index is 12.7. The van der Waals surface area contributed by atoms with E-state index in [-0.39, 0.29) is 5.91 Å². The summed E-state index contributed by atoms with van der Waals surface area (Å²) in [5.41, 5.74) is 0.866. The van der Waals surface area contributed by atoms with Crippen molar-refractivity contribution in [3.05, 3.63) is 24.0 Å². The van der Waals surface area contributed by atoms with Gasteiger partial charge in [-0.3, -0.25) is 4.79 Å². The van der Waals surface area contributed by atoms with Crippen LogP contribution in [-0.4, -0.2) is 41.1 Å². The predicted molar refractivity (Wildman–Crippen MR) is 79.9 cm³/mol. The first kappa shape index (κ1) is 13.7. The second-order valence-corrected chi connectivity index (χ2v) is 6.02. The fourth-order valence-electron chi connectivity index (χ4n) is 3.11. The molecule has 2 fully saturated rings. The fourth-order valence-corrected chi connectivity index (χ4v) is 3.11. The van der Waals surface area contributed by atoms with Crippen LogP contribution in [-0.2, 0) is 0 Å². The quantitative estimate of drug-likeness (QED) is 0.896. The van der Waals surface area contributed by atoms with Crippen molar-refractivity contribution >= 4 is 5.91 Å². The van der Waals surface area contributed by atoms with E-state index in [4.69, 9.17) is 0 Å². The van der Waals surface area contributed by atoms with Crippen LogP contribution >= 0.6 is 0 Å². The highest BCUT2D eigenvalue weighted by Crippen LogP contribution is 2.36. The number of carbonyl (C=O) groups is 1. The van der Waals surface area contributed by atoms with Crippen LogP contribution in [0.15, 0.2) is 18.3 Å². The van der Waals surface area contributed by atoms with Crippen LogP contribution in [0, 0.1) is 0 Å². The number of hydrogen-bond donors (Lipinski definition) is 1. The third-order valence-electron chi connectivity index (χ3n) is 4.46. The molecule has 2 aliphatic rings. The molecule has 20 heavy (non-hydrogen) atoms. The molecule has 1 saturated carbocycles. The molecule has 4 nitrogen and oxygen atoms in total. The topological polar surface area (TPSA) is 37.3 Å². The largest absolute Gasteiger partial charge is 0.340 e. The number of amides is 1. The van der Waals surface area contributed by atoms with Crippen molar-refractivity contribution in [3.63, 3.8) is 0 Å². The van der Waals surface area contributed by atoms with Gasteiger partial charge in [0.2, 0.25) is 0 Å². The molecule has 2 heterocycles. The molecule has 1 N–H and O–H groups in total. The van der Waals surface area contributed by atoms with E-state index in [1.807, 2.05) is 17.0 Å². The number of nitrogens with zero attached hydrogens (tertiary/aromatic N) is 2. The van der Waals surface area contributed by atoms with Crippen LogP contribution in [0.5, 0.6) is 0 Å².